The Hall–Kier alpha value is -1.14. The Morgan fingerprint density at radius 1 is 1.27 bits per heavy atom. The van der Waals surface area contributed by atoms with Gasteiger partial charge in [0.2, 0.25) is 0 Å². The van der Waals surface area contributed by atoms with Gasteiger partial charge in [-0.25, -0.2) is 4.98 Å². The fraction of sp³-hybridized carbons (Fsp3) is 0.650. The summed E-state index contributed by atoms with van der Waals surface area (Å²) in [4.78, 5) is 30.6. The molecule has 4 bridgehead atoms. The predicted octanol–water partition coefficient (Wildman–Crippen LogP) is 4.26. The van der Waals surface area contributed by atoms with Crippen LogP contribution in [0, 0.1) is 23.2 Å². The van der Waals surface area contributed by atoms with Crippen molar-refractivity contribution in [1.29, 1.82) is 0 Å². The summed E-state index contributed by atoms with van der Waals surface area (Å²) in [5.41, 5.74) is 0.643. The Labute approximate surface area is 161 Å². The van der Waals surface area contributed by atoms with Crippen LogP contribution in [0.15, 0.2) is 21.4 Å². The molecule has 4 nitrogen and oxygen atoms in total. The maximum Gasteiger partial charge on any atom is 0.271 e. The summed E-state index contributed by atoms with van der Waals surface area (Å²) in [6, 6.07) is 1.89. The minimum atomic E-state index is -0.152. The van der Waals surface area contributed by atoms with Gasteiger partial charge in [0.15, 0.2) is 10.9 Å². The average Bonchev–Trinajstić information content (AvgIpc) is 3.06. The number of hydrogen-bond donors (Lipinski definition) is 0. The van der Waals surface area contributed by atoms with Crippen LogP contribution in [0.3, 0.4) is 0 Å². The summed E-state index contributed by atoms with van der Waals surface area (Å²) in [5.74, 6) is 2.72. The number of carbonyl (C=O) groups is 1. The Morgan fingerprint density at radius 3 is 2.50 bits per heavy atom. The highest BCUT2D eigenvalue weighted by atomic mass is 32.2. The largest absolute Gasteiger partial charge is 0.298 e. The number of fused-ring (bicyclic) bond motifs is 1. The van der Waals surface area contributed by atoms with Crippen molar-refractivity contribution in [3.8, 4) is 0 Å². The van der Waals surface area contributed by atoms with Crippen LogP contribution in [0.2, 0.25) is 0 Å². The third kappa shape index (κ3) is 2.52. The number of hydrogen-bond acceptors (Lipinski definition) is 5. The summed E-state index contributed by atoms with van der Waals surface area (Å²) in [6.07, 6.45) is 7.33. The van der Waals surface area contributed by atoms with Crippen LogP contribution in [0.5, 0.6) is 0 Å². The van der Waals surface area contributed by atoms with Crippen molar-refractivity contribution in [2.24, 2.45) is 30.2 Å². The lowest BCUT2D eigenvalue weighted by Crippen LogP contribution is -2.51. The first-order chi connectivity index (χ1) is 12.4. The SMILES string of the molecule is CC(Sc1nc2ccsc2c(=O)n1C)C(=O)C12CC3CC(CC(C3)C1)C2. The summed E-state index contributed by atoms with van der Waals surface area (Å²) in [6.45, 7) is 2.01. The monoisotopic (exact) mass is 388 g/mol. The Morgan fingerprint density at radius 2 is 1.88 bits per heavy atom. The molecule has 0 aromatic carbocycles. The topological polar surface area (TPSA) is 52.0 Å². The van der Waals surface area contributed by atoms with E-state index in [0.717, 1.165) is 42.5 Å². The fourth-order valence-electron chi connectivity index (χ4n) is 6.13. The van der Waals surface area contributed by atoms with E-state index in [1.54, 1.807) is 11.6 Å². The number of carbonyl (C=O) groups excluding carboxylic acids is 1. The number of rotatable bonds is 4. The average molecular weight is 389 g/mol. The van der Waals surface area contributed by atoms with Crippen molar-refractivity contribution in [2.75, 3.05) is 0 Å². The molecule has 6 rings (SSSR count). The number of thiophene rings is 1. The van der Waals surface area contributed by atoms with Crippen LogP contribution < -0.4 is 5.56 Å². The van der Waals surface area contributed by atoms with Gasteiger partial charge in [0.05, 0.1) is 10.8 Å². The van der Waals surface area contributed by atoms with E-state index < -0.39 is 0 Å². The second-order valence-electron chi connectivity index (χ2n) is 8.72. The van der Waals surface area contributed by atoms with E-state index in [1.807, 2.05) is 18.4 Å². The lowest BCUT2D eigenvalue weighted by Gasteiger charge is -2.56. The van der Waals surface area contributed by atoms with Gasteiger partial charge in [-0.15, -0.1) is 11.3 Å². The van der Waals surface area contributed by atoms with E-state index >= 15 is 0 Å². The lowest BCUT2D eigenvalue weighted by molar-refractivity contribution is -0.142. The molecule has 2 aromatic heterocycles. The minimum absolute atomic E-state index is 0.0121. The first-order valence-corrected chi connectivity index (χ1v) is 11.4. The third-order valence-corrected chi connectivity index (χ3v) is 8.89. The maximum atomic E-state index is 13.5. The second-order valence-corrected chi connectivity index (χ2v) is 10.9. The van der Waals surface area contributed by atoms with E-state index in [2.05, 4.69) is 4.98 Å². The van der Waals surface area contributed by atoms with E-state index in [9.17, 15) is 9.59 Å². The van der Waals surface area contributed by atoms with E-state index in [1.165, 1.54) is 42.4 Å². The first kappa shape index (κ1) is 17.0. The van der Waals surface area contributed by atoms with Gasteiger partial charge >= 0.3 is 0 Å². The lowest BCUT2D eigenvalue weighted by atomic mass is 9.48. The molecule has 1 unspecified atom stereocenters. The van der Waals surface area contributed by atoms with Gasteiger partial charge in [0, 0.05) is 12.5 Å². The summed E-state index contributed by atoms with van der Waals surface area (Å²) in [5, 5.41) is 2.41. The number of nitrogens with zero attached hydrogens (tertiary/aromatic N) is 2. The Kier molecular flexibility index (Phi) is 3.87. The molecule has 0 N–H and O–H groups in total. The van der Waals surface area contributed by atoms with Crippen LogP contribution >= 0.6 is 23.1 Å². The molecule has 2 aromatic rings. The zero-order chi connectivity index (χ0) is 18.1. The van der Waals surface area contributed by atoms with Crippen molar-refractivity contribution in [1.82, 2.24) is 9.55 Å². The molecule has 0 radical (unpaired) electrons. The van der Waals surface area contributed by atoms with Crippen molar-refractivity contribution < 1.29 is 4.79 Å². The standard InChI is InChI=1S/C20H24N2O2S2/c1-11(26-19-21-15-3-4-25-16(15)18(24)22(19)2)17(23)20-8-12-5-13(9-20)7-14(6-12)10-20/h3-4,11-14H,5-10H2,1-2H3. The highest BCUT2D eigenvalue weighted by Gasteiger charge is 2.55. The summed E-state index contributed by atoms with van der Waals surface area (Å²) in [7, 11) is 1.76. The van der Waals surface area contributed by atoms with Crippen molar-refractivity contribution in [2.45, 2.75) is 55.9 Å². The first-order valence-electron chi connectivity index (χ1n) is 9.60. The van der Waals surface area contributed by atoms with E-state index in [0.29, 0.717) is 15.6 Å². The predicted molar refractivity (Wildman–Crippen MR) is 106 cm³/mol. The van der Waals surface area contributed by atoms with Crippen LogP contribution in [0.4, 0.5) is 0 Å². The van der Waals surface area contributed by atoms with Gasteiger partial charge in [0.1, 0.15) is 4.70 Å². The molecule has 0 saturated heterocycles. The fourth-order valence-corrected chi connectivity index (χ4v) is 8.00. The van der Waals surface area contributed by atoms with E-state index in [4.69, 9.17) is 0 Å². The molecule has 6 heteroatoms. The molecule has 0 spiro atoms. The highest BCUT2D eigenvalue weighted by molar-refractivity contribution is 8.00. The molecule has 4 fully saturated rings. The summed E-state index contributed by atoms with van der Waals surface area (Å²) >= 11 is 2.90. The van der Waals surface area contributed by atoms with Gasteiger partial charge in [-0.3, -0.25) is 14.2 Å². The number of ketones is 1. The Bertz CT molecular complexity index is 910. The molecule has 26 heavy (non-hydrogen) atoms. The zero-order valence-corrected chi connectivity index (χ0v) is 16.9. The molecule has 2 heterocycles. The van der Waals surface area contributed by atoms with Crippen molar-refractivity contribution in [3.05, 3.63) is 21.8 Å². The van der Waals surface area contributed by atoms with Crippen molar-refractivity contribution in [3.63, 3.8) is 0 Å². The molecule has 4 saturated carbocycles. The van der Waals surface area contributed by atoms with Gasteiger partial charge in [-0.1, -0.05) is 11.8 Å². The summed E-state index contributed by atoms with van der Waals surface area (Å²) < 4.78 is 2.30. The number of Topliss-reactive ketones (excluding diaryl/α,β-unsaturated/α-hetero) is 1. The normalized spacial score (nSPS) is 33.7. The number of aromatic nitrogens is 2. The second kappa shape index (κ2) is 5.93. The molecular formula is C20H24N2O2S2. The molecular weight excluding hydrogens is 364 g/mol. The molecule has 1 atom stereocenters. The van der Waals surface area contributed by atoms with E-state index in [-0.39, 0.29) is 16.2 Å². The molecule has 138 valence electrons. The quantitative estimate of drug-likeness (QED) is 0.580. The maximum absolute atomic E-state index is 13.5. The Balaban J connectivity index is 1.42. The van der Waals surface area contributed by atoms with Crippen LogP contribution in [0.25, 0.3) is 10.2 Å². The number of thioether (sulfide) groups is 1. The molecule has 0 aliphatic heterocycles. The van der Waals surface area contributed by atoms with Gasteiger partial charge < -0.3 is 0 Å². The van der Waals surface area contributed by atoms with Gasteiger partial charge in [-0.2, -0.15) is 0 Å². The minimum Gasteiger partial charge on any atom is -0.298 e. The molecule has 4 aliphatic rings. The third-order valence-electron chi connectivity index (χ3n) is 6.86. The van der Waals surface area contributed by atoms with Gasteiger partial charge in [-0.05, 0) is 74.6 Å². The van der Waals surface area contributed by atoms with Crippen LogP contribution in [-0.2, 0) is 11.8 Å². The van der Waals surface area contributed by atoms with Crippen LogP contribution in [0.1, 0.15) is 45.4 Å². The smallest absolute Gasteiger partial charge is 0.271 e. The molecule has 0 amide bonds. The highest BCUT2D eigenvalue weighted by Crippen LogP contribution is 2.61. The van der Waals surface area contributed by atoms with Gasteiger partial charge in [0.25, 0.3) is 5.56 Å². The zero-order valence-electron chi connectivity index (χ0n) is 15.2. The van der Waals surface area contributed by atoms with Crippen molar-refractivity contribution >= 4 is 39.1 Å². The molecule has 4 aliphatic carbocycles. The van der Waals surface area contributed by atoms with Crippen LogP contribution in [-0.4, -0.2) is 20.6 Å².